The Hall–Kier alpha value is -1.05. The van der Waals surface area contributed by atoms with Gasteiger partial charge in [-0.3, -0.25) is 0 Å². The van der Waals surface area contributed by atoms with Crippen LogP contribution in [0, 0.1) is 0 Å². The lowest BCUT2D eigenvalue weighted by Crippen LogP contribution is -2.09. The first-order valence-electron chi connectivity index (χ1n) is 4.42. The van der Waals surface area contributed by atoms with Crippen LogP contribution in [0.2, 0.25) is 0 Å². The molecule has 0 aliphatic carbocycles. The van der Waals surface area contributed by atoms with E-state index in [2.05, 4.69) is 21.5 Å². The Balaban J connectivity index is 2.03. The minimum atomic E-state index is 0.380. The normalized spacial score (nSPS) is 11.9. The van der Waals surface area contributed by atoms with Gasteiger partial charge in [0.2, 0.25) is 0 Å². The molecule has 2 aromatic rings. The average molecular weight is 270 g/mol. The van der Waals surface area contributed by atoms with E-state index in [1.54, 1.807) is 22.7 Å². The van der Waals surface area contributed by atoms with E-state index < -0.39 is 0 Å². The van der Waals surface area contributed by atoms with E-state index in [1.165, 1.54) is 17.3 Å². The van der Waals surface area contributed by atoms with Gasteiger partial charge in [0.05, 0.1) is 5.69 Å². The Morgan fingerprint density at radius 2 is 2.38 bits per heavy atom. The summed E-state index contributed by atoms with van der Waals surface area (Å²) in [4.78, 5) is 4.51. The molecule has 0 radical (unpaired) electrons. The molecule has 0 aliphatic heterocycles. The molecule has 84 valence electrons. The first-order chi connectivity index (χ1) is 7.79. The summed E-state index contributed by atoms with van der Waals surface area (Å²) in [6.07, 6.45) is 0. The van der Waals surface area contributed by atoms with Gasteiger partial charge in [0.25, 0.3) is 0 Å². The number of hydrazone groups is 1. The zero-order valence-corrected chi connectivity index (χ0v) is 10.7. The summed E-state index contributed by atoms with van der Waals surface area (Å²) in [6, 6.07) is 2.07. The highest BCUT2D eigenvalue weighted by molar-refractivity contribution is 8.13. The SMILES string of the molecule is NN=C(N)SCc1csc(-c2ccsc2)n1. The van der Waals surface area contributed by atoms with E-state index in [1.807, 2.05) is 10.8 Å². The van der Waals surface area contributed by atoms with Crippen LogP contribution < -0.4 is 11.6 Å². The maximum atomic E-state index is 5.49. The van der Waals surface area contributed by atoms with Crippen LogP contribution in [0.5, 0.6) is 0 Å². The molecule has 4 nitrogen and oxygen atoms in total. The molecule has 0 saturated carbocycles. The summed E-state index contributed by atoms with van der Waals surface area (Å²) in [7, 11) is 0. The van der Waals surface area contributed by atoms with Gasteiger partial charge in [-0.2, -0.15) is 16.4 Å². The average Bonchev–Trinajstić information content (AvgIpc) is 2.95. The van der Waals surface area contributed by atoms with Crippen molar-refractivity contribution in [3.63, 3.8) is 0 Å². The number of thioether (sulfide) groups is 1. The van der Waals surface area contributed by atoms with Gasteiger partial charge < -0.3 is 11.6 Å². The molecule has 0 bridgehead atoms. The molecule has 0 spiro atoms. The predicted octanol–water partition coefficient (Wildman–Crippen LogP) is 2.29. The van der Waals surface area contributed by atoms with Crippen molar-refractivity contribution in [2.24, 2.45) is 16.7 Å². The number of aromatic nitrogens is 1. The summed E-state index contributed by atoms with van der Waals surface area (Å²) >= 11 is 4.70. The molecular weight excluding hydrogens is 260 g/mol. The highest BCUT2D eigenvalue weighted by atomic mass is 32.2. The van der Waals surface area contributed by atoms with Gasteiger partial charge in [-0.25, -0.2) is 4.98 Å². The molecule has 0 aromatic carbocycles. The molecule has 0 amide bonds. The molecule has 2 heterocycles. The van der Waals surface area contributed by atoms with Gasteiger partial charge in [-0.15, -0.1) is 11.3 Å². The lowest BCUT2D eigenvalue weighted by molar-refractivity contribution is 1.23. The van der Waals surface area contributed by atoms with Crippen molar-refractivity contribution >= 4 is 39.6 Å². The molecule has 0 atom stereocenters. The third kappa shape index (κ3) is 2.75. The fourth-order valence-electron chi connectivity index (χ4n) is 1.08. The van der Waals surface area contributed by atoms with Gasteiger partial charge in [-0.1, -0.05) is 11.8 Å². The number of hydrogen-bond donors (Lipinski definition) is 2. The summed E-state index contributed by atoms with van der Waals surface area (Å²) < 4.78 is 0. The van der Waals surface area contributed by atoms with Crippen molar-refractivity contribution in [3.8, 4) is 10.6 Å². The summed E-state index contributed by atoms with van der Waals surface area (Å²) in [5.41, 5.74) is 7.66. The lowest BCUT2D eigenvalue weighted by Gasteiger charge is -1.95. The predicted molar refractivity (Wildman–Crippen MR) is 72.5 cm³/mol. The number of thiazole rings is 1. The molecule has 0 aliphatic rings. The minimum Gasteiger partial charge on any atom is -0.377 e. The summed E-state index contributed by atoms with van der Waals surface area (Å²) in [6.45, 7) is 0. The van der Waals surface area contributed by atoms with E-state index >= 15 is 0 Å². The van der Waals surface area contributed by atoms with Crippen molar-refractivity contribution in [1.29, 1.82) is 0 Å². The Kier molecular flexibility index (Phi) is 3.81. The van der Waals surface area contributed by atoms with Crippen LogP contribution in [0.3, 0.4) is 0 Å². The molecule has 2 aromatic heterocycles. The summed E-state index contributed by atoms with van der Waals surface area (Å²) in [5, 5.41) is 11.0. The van der Waals surface area contributed by atoms with E-state index in [0.717, 1.165) is 10.7 Å². The van der Waals surface area contributed by atoms with Crippen LogP contribution in [0.25, 0.3) is 10.6 Å². The van der Waals surface area contributed by atoms with Crippen LogP contribution in [-0.4, -0.2) is 10.2 Å². The van der Waals surface area contributed by atoms with Crippen molar-refractivity contribution in [3.05, 3.63) is 27.9 Å². The van der Waals surface area contributed by atoms with Crippen LogP contribution in [0.1, 0.15) is 5.69 Å². The Bertz CT molecular complexity index is 475. The second-order valence-corrected chi connectivity index (χ2v) is 5.55. The van der Waals surface area contributed by atoms with E-state index in [-0.39, 0.29) is 0 Å². The third-order valence-electron chi connectivity index (χ3n) is 1.82. The Morgan fingerprint density at radius 1 is 1.50 bits per heavy atom. The number of rotatable bonds is 3. The molecule has 0 saturated heterocycles. The summed E-state index contributed by atoms with van der Waals surface area (Å²) in [5.74, 6) is 5.75. The van der Waals surface area contributed by atoms with Crippen LogP contribution >= 0.6 is 34.4 Å². The topological polar surface area (TPSA) is 77.3 Å². The zero-order chi connectivity index (χ0) is 11.4. The number of nitrogens with two attached hydrogens (primary N) is 2. The van der Waals surface area contributed by atoms with Gasteiger partial charge in [-0.05, 0) is 11.4 Å². The molecular formula is C9H10N4S3. The quantitative estimate of drug-likeness (QED) is 0.388. The Labute approximate surface area is 105 Å². The van der Waals surface area contributed by atoms with Crippen molar-refractivity contribution in [2.75, 3.05) is 0 Å². The first kappa shape index (κ1) is 11.4. The van der Waals surface area contributed by atoms with Gasteiger partial charge >= 0.3 is 0 Å². The second-order valence-electron chi connectivity index (χ2n) is 2.91. The zero-order valence-electron chi connectivity index (χ0n) is 8.29. The maximum absolute atomic E-state index is 5.49. The van der Waals surface area contributed by atoms with Crippen molar-refractivity contribution in [2.45, 2.75) is 5.75 Å². The van der Waals surface area contributed by atoms with E-state index in [4.69, 9.17) is 11.6 Å². The fourth-order valence-corrected chi connectivity index (χ4v) is 3.23. The Morgan fingerprint density at radius 3 is 3.06 bits per heavy atom. The van der Waals surface area contributed by atoms with Gasteiger partial charge in [0.1, 0.15) is 5.01 Å². The van der Waals surface area contributed by atoms with Crippen LogP contribution in [0.15, 0.2) is 27.3 Å². The number of amidine groups is 1. The smallest absolute Gasteiger partial charge is 0.177 e. The molecule has 0 fully saturated rings. The highest BCUT2D eigenvalue weighted by Crippen LogP contribution is 2.26. The largest absolute Gasteiger partial charge is 0.377 e. The number of nitrogens with zero attached hydrogens (tertiary/aromatic N) is 2. The molecule has 4 N–H and O–H groups in total. The highest BCUT2D eigenvalue weighted by Gasteiger charge is 2.05. The molecule has 0 unspecified atom stereocenters. The minimum absolute atomic E-state index is 0.380. The van der Waals surface area contributed by atoms with Crippen molar-refractivity contribution in [1.82, 2.24) is 4.98 Å². The standard InChI is InChI=1S/C9H10N4S3/c10-9(13-11)16-5-7-4-15-8(12-7)6-1-2-14-3-6/h1-4H,5,11H2,(H2,10,13). The fraction of sp³-hybridized carbons (Fsp3) is 0.111. The molecule has 16 heavy (non-hydrogen) atoms. The molecule has 7 heteroatoms. The maximum Gasteiger partial charge on any atom is 0.177 e. The van der Waals surface area contributed by atoms with E-state index in [9.17, 15) is 0 Å². The molecule has 2 rings (SSSR count). The number of hydrogen-bond acceptors (Lipinski definition) is 6. The van der Waals surface area contributed by atoms with Gasteiger partial charge in [0, 0.05) is 22.1 Å². The monoisotopic (exact) mass is 270 g/mol. The van der Waals surface area contributed by atoms with E-state index in [0.29, 0.717) is 10.9 Å². The van der Waals surface area contributed by atoms with Gasteiger partial charge in [0.15, 0.2) is 5.17 Å². The second kappa shape index (κ2) is 5.33. The lowest BCUT2D eigenvalue weighted by atomic mass is 10.4. The van der Waals surface area contributed by atoms with Crippen LogP contribution in [0.4, 0.5) is 0 Å². The number of thiophene rings is 1. The first-order valence-corrected chi connectivity index (χ1v) is 7.23. The van der Waals surface area contributed by atoms with Crippen LogP contribution in [-0.2, 0) is 5.75 Å². The van der Waals surface area contributed by atoms with Crippen molar-refractivity contribution < 1.29 is 0 Å². The third-order valence-corrected chi connectivity index (χ3v) is 4.28.